The minimum absolute atomic E-state index is 0.541. The largest absolute Gasteiger partial charge is 0.308 e. The van der Waals surface area contributed by atoms with E-state index in [4.69, 9.17) is 0 Å². The van der Waals surface area contributed by atoms with Crippen molar-refractivity contribution in [3.8, 4) is 0 Å². The molecule has 0 bridgehead atoms. The first-order valence-corrected chi connectivity index (χ1v) is 4.71. The van der Waals surface area contributed by atoms with E-state index in [1.807, 2.05) is 6.92 Å². The lowest BCUT2D eigenvalue weighted by Crippen LogP contribution is -2.21. The fraction of sp³-hybridized carbons (Fsp3) is 0.625. The van der Waals surface area contributed by atoms with Crippen molar-refractivity contribution < 1.29 is 0 Å². The zero-order chi connectivity index (χ0) is 8.27. The fourth-order valence-electron chi connectivity index (χ4n) is 0.775. The maximum Gasteiger partial charge on any atom is 0.107 e. The summed E-state index contributed by atoms with van der Waals surface area (Å²) >= 11 is 1.72. The zero-order valence-electron chi connectivity index (χ0n) is 7.22. The second-order valence-electron chi connectivity index (χ2n) is 2.92. The normalized spacial score (nSPS) is 10.9. The maximum absolute atomic E-state index is 4.34. The number of hydrogen-bond donors (Lipinski definition) is 1. The van der Waals surface area contributed by atoms with E-state index in [9.17, 15) is 0 Å². The second kappa shape index (κ2) is 3.83. The first kappa shape index (κ1) is 8.68. The van der Waals surface area contributed by atoms with Crippen LogP contribution in [0.5, 0.6) is 0 Å². The van der Waals surface area contributed by atoms with Gasteiger partial charge in [-0.25, -0.2) is 4.98 Å². The molecule has 1 aromatic heterocycles. The molecule has 0 aliphatic heterocycles. The first-order chi connectivity index (χ1) is 5.18. The van der Waals surface area contributed by atoms with Crippen molar-refractivity contribution in [2.24, 2.45) is 0 Å². The van der Waals surface area contributed by atoms with Gasteiger partial charge < -0.3 is 5.32 Å². The number of hydrogen-bond acceptors (Lipinski definition) is 3. The summed E-state index contributed by atoms with van der Waals surface area (Å²) in [7, 11) is 0. The summed E-state index contributed by atoms with van der Waals surface area (Å²) in [6.07, 6.45) is 0. The van der Waals surface area contributed by atoms with E-state index in [1.165, 1.54) is 5.01 Å². The highest BCUT2D eigenvalue weighted by Crippen LogP contribution is 2.07. The first-order valence-electron chi connectivity index (χ1n) is 3.83. The number of thiazole rings is 1. The predicted octanol–water partition coefficient (Wildman–Crippen LogP) is 1.95. The lowest BCUT2D eigenvalue weighted by Gasteiger charge is -2.04. The van der Waals surface area contributed by atoms with Gasteiger partial charge in [-0.1, -0.05) is 13.8 Å². The highest BCUT2D eigenvalue weighted by atomic mass is 32.1. The molecule has 0 aliphatic rings. The van der Waals surface area contributed by atoms with E-state index in [-0.39, 0.29) is 0 Å². The summed E-state index contributed by atoms with van der Waals surface area (Å²) in [4.78, 5) is 4.34. The van der Waals surface area contributed by atoms with Gasteiger partial charge in [0, 0.05) is 23.7 Å². The smallest absolute Gasteiger partial charge is 0.107 e. The summed E-state index contributed by atoms with van der Waals surface area (Å²) in [6.45, 7) is 7.20. The van der Waals surface area contributed by atoms with Crippen LogP contribution in [0.15, 0.2) is 5.38 Å². The van der Waals surface area contributed by atoms with Gasteiger partial charge in [0.05, 0.1) is 0 Å². The Morgan fingerprint density at radius 3 is 2.82 bits per heavy atom. The summed E-state index contributed by atoms with van der Waals surface area (Å²) in [5, 5.41) is 6.58. The third-order valence-corrected chi connectivity index (χ3v) is 2.29. The Morgan fingerprint density at radius 2 is 2.36 bits per heavy atom. The Bertz CT molecular complexity index is 218. The molecule has 0 unspecified atom stereocenters. The minimum atomic E-state index is 0.541. The molecular formula is C8H14N2S. The van der Waals surface area contributed by atoms with Crippen molar-refractivity contribution in [1.29, 1.82) is 0 Å². The third-order valence-electron chi connectivity index (χ3n) is 1.33. The lowest BCUT2D eigenvalue weighted by atomic mass is 10.4. The molecule has 1 rings (SSSR count). The molecular weight excluding hydrogens is 156 g/mol. The van der Waals surface area contributed by atoms with Crippen molar-refractivity contribution in [3.63, 3.8) is 0 Å². The molecule has 0 amide bonds. The molecule has 1 aromatic rings. The molecule has 1 N–H and O–H groups in total. The van der Waals surface area contributed by atoms with E-state index < -0.39 is 0 Å². The van der Waals surface area contributed by atoms with Crippen LogP contribution in [0.3, 0.4) is 0 Å². The molecule has 2 nitrogen and oxygen atoms in total. The van der Waals surface area contributed by atoms with Gasteiger partial charge in [-0.2, -0.15) is 0 Å². The van der Waals surface area contributed by atoms with Gasteiger partial charge in [0.1, 0.15) is 5.01 Å². The molecule has 0 radical (unpaired) electrons. The molecule has 62 valence electrons. The van der Waals surface area contributed by atoms with Gasteiger partial charge in [-0.3, -0.25) is 0 Å². The predicted molar refractivity (Wildman–Crippen MR) is 48.8 cm³/mol. The van der Waals surface area contributed by atoms with Gasteiger partial charge >= 0.3 is 0 Å². The SMILES string of the molecule is Cc1csc(CNC(C)C)n1. The molecule has 0 saturated carbocycles. The Labute approximate surface area is 71.7 Å². The van der Waals surface area contributed by atoms with Gasteiger partial charge in [-0.15, -0.1) is 11.3 Å². The van der Waals surface area contributed by atoms with Gasteiger partial charge in [0.15, 0.2) is 0 Å². The van der Waals surface area contributed by atoms with E-state index in [1.54, 1.807) is 11.3 Å². The third kappa shape index (κ3) is 2.99. The fourth-order valence-corrected chi connectivity index (χ4v) is 1.50. The Balaban J connectivity index is 2.39. The van der Waals surface area contributed by atoms with Crippen LogP contribution in [0.25, 0.3) is 0 Å². The van der Waals surface area contributed by atoms with Crippen molar-refractivity contribution in [2.75, 3.05) is 0 Å². The summed E-state index contributed by atoms with van der Waals surface area (Å²) in [6, 6.07) is 0.541. The molecule has 0 saturated heterocycles. The minimum Gasteiger partial charge on any atom is -0.308 e. The van der Waals surface area contributed by atoms with Crippen molar-refractivity contribution in [1.82, 2.24) is 10.3 Å². The quantitative estimate of drug-likeness (QED) is 0.750. The van der Waals surface area contributed by atoms with Gasteiger partial charge in [0.25, 0.3) is 0 Å². The van der Waals surface area contributed by atoms with Crippen LogP contribution in [0.4, 0.5) is 0 Å². The molecule has 11 heavy (non-hydrogen) atoms. The summed E-state index contributed by atoms with van der Waals surface area (Å²) in [5.74, 6) is 0. The van der Waals surface area contributed by atoms with Crippen LogP contribution in [0.1, 0.15) is 24.5 Å². The number of rotatable bonds is 3. The Kier molecular flexibility index (Phi) is 3.02. The van der Waals surface area contributed by atoms with Gasteiger partial charge in [0.2, 0.25) is 0 Å². The average Bonchev–Trinajstić information content (AvgIpc) is 2.31. The Morgan fingerprint density at radius 1 is 1.64 bits per heavy atom. The number of aryl methyl sites for hydroxylation is 1. The van der Waals surface area contributed by atoms with Crippen molar-refractivity contribution in [2.45, 2.75) is 33.4 Å². The summed E-state index contributed by atoms with van der Waals surface area (Å²) in [5.41, 5.74) is 1.12. The molecule has 0 atom stereocenters. The highest BCUT2D eigenvalue weighted by molar-refractivity contribution is 7.09. The van der Waals surface area contributed by atoms with E-state index in [0.29, 0.717) is 6.04 Å². The number of nitrogens with zero attached hydrogens (tertiary/aromatic N) is 1. The topological polar surface area (TPSA) is 24.9 Å². The zero-order valence-corrected chi connectivity index (χ0v) is 8.03. The molecule has 0 aliphatic carbocycles. The van der Waals surface area contributed by atoms with E-state index in [0.717, 1.165) is 12.2 Å². The van der Waals surface area contributed by atoms with Crippen LogP contribution in [0, 0.1) is 6.92 Å². The second-order valence-corrected chi connectivity index (χ2v) is 3.86. The van der Waals surface area contributed by atoms with Crippen LogP contribution >= 0.6 is 11.3 Å². The summed E-state index contributed by atoms with van der Waals surface area (Å²) < 4.78 is 0. The van der Waals surface area contributed by atoms with Crippen LogP contribution in [-0.4, -0.2) is 11.0 Å². The molecule has 0 spiro atoms. The lowest BCUT2D eigenvalue weighted by molar-refractivity contribution is 0.587. The number of nitrogens with one attached hydrogen (secondary N) is 1. The van der Waals surface area contributed by atoms with E-state index >= 15 is 0 Å². The van der Waals surface area contributed by atoms with Gasteiger partial charge in [-0.05, 0) is 6.92 Å². The van der Waals surface area contributed by atoms with Crippen LogP contribution < -0.4 is 5.32 Å². The van der Waals surface area contributed by atoms with Crippen molar-refractivity contribution >= 4 is 11.3 Å². The van der Waals surface area contributed by atoms with Crippen molar-refractivity contribution in [3.05, 3.63) is 16.1 Å². The molecule has 1 heterocycles. The van der Waals surface area contributed by atoms with Crippen LogP contribution in [-0.2, 0) is 6.54 Å². The molecule has 3 heteroatoms. The monoisotopic (exact) mass is 170 g/mol. The standard InChI is InChI=1S/C8H14N2S/c1-6(2)9-4-8-10-7(3)5-11-8/h5-6,9H,4H2,1-3H3. The number of aromatic nitrogens is 1. The maximum atomic E-state index is 4.34. The van der Waals surface area contributed by atoms with E-state index in [2.05, 4.69) is 29.5 Å². The molecule has 0 aromatic carbocycles. The average molecular weight is 170 g/mol. The molecule has 0 fully saturated rings. The Hall–Kier alpha value is -0.410. The van der Waals surface area contributed by atoms with Crippen LogP contribution in [0.2, 0.25) is 0 Å². The highest BCUT2D eigenvalue weighted by Gasteiger charge is 1.98.